The largest absolute Gasteiger partial charge is 0.505 e. The van der Waals surface area contributed by atoms with Crippen LogP contribution >= 0.6 is 0 Å². The minimum absolute atomic E-state index is 0.0495. The van der Waals surface area contributed by atoms with Gasteiger partial charge >= 0.3 is 0 Å². The summed E-state index contributed by atoms with van der Waals surface area (Å²) in [5.74, 6) is -0.222. The summed E-state index contributed by atoms with van der Waals surface area (Å²) in [6.07, 6.45) is 8.20. The Balaban J connectivity index is 1.71. The first-order valence-corrected chi connectivity index (χ1v) is 8.10. The lowest BCUT2D eigenvalue weighted by Crippen LogP contribution is -2.44. The highest BCUT2D eigenvalue weighted by Crippen LogP contribution is 2.25. The highest BCUT2D eigenvalue weighted by atomic mass is 16.3. The first-order valence-electron chi connectivity index (χ1n) is 8.10. The molecule has 1 aliphatic heterocycles. The molecule has 1 aliphatic rings. The van der Waals surface area contributed by atoms with E-state index in [4.69, 9.17) is 0 Å². The van der Waals surface area contributed by atoms with Crippen LogP contribution in [0.25, 0.3) is 0 Å². The molecule has 0 spiro atoms. The summed E-state index contributed by atoms with van der Waals surface area (Å²) in [5.41, 5.74) is 1.20. The summed E-state index contributed by atoms with van der Waals surface area (Å²) in [7, 11) is 0. The number of aromatic hydroxyl groups is 1. The molecule has 1 fully saturated rings. The number of nitrogens with zero attached hydrogens (tertiary/aromatic N) is 3. The molecule has 1 saturated heterocycles. The Labute approximate surface area is 136 Å². The van der Waals surface area contributed by atoms with Gasteiger partial charge in [0, 0.05) is 30.7 Å². The van der Waals surface area contributed by atoms with Crippen LogP contribution in [0.15, 0.2) is 42.7 Å². The number of hydrogen-bond donors (Lipinski definition) is 1. The van der Waals surface area contributed by atoms with Crippen molar-refractivity contribution in [1.29, 1.82) is 0 Å². The molecule has 0 radical (unpaired) electrons. The third kappa shape index (κ3) is 3.67. The smallest absolute Gasteiger partial charge is 0.276 e. The van der Waals surface area contributed by atoms with Crippen LogP contribution in [-0.2, 0) is 6.42 Å². The van der Waals surface area contributed by atoms with Crippen LogP contribution in [0.2, 0.25) is 0 Å². The van der Waals surface area contributed by atoms with Gasteiger partial charge in [-0.1, -0.05) is 6.07 Å². The average molecular weight is 311 g/mol. The van der Waals surface area contributed by atoms with Crippen molar-refractivity contribution in [3.63, 3.8) is 0 Å². The lowest BCUT2D eigenvalue weighted by molar-refractivity contribution is 0.0592. The van der Waals surface area contributed by atoms with Gasteiger partial charge in [-0.3, -0.25) is 9.78 Å². The SMILES string of the molecule is O=C(c1ncccc1O)N1CCCC[C@@H]1CCc1ccccn1. The van der Waals surface area contributed by atoms with Gasteiger partial charge < -0.3 is 10.0 Å². The summed E-state index contributed by atoms with van der Waals surface area (Å²) in [5, 5.41) is 9.89. The maximum absolute atomic E-state index is 12.7. The quantitative estimate of drug-likeness (QED) is 0.943. The van der Waals surface area contributed by atoms with Crippen molar-refractivity contribution >= 4 is 5.91 Å². The zero-order valence-electron chi connectivity index (χ0n) is 13.1. The second kappa shape index (κ2) is 7.22. The molecule has 0 bridgehead atoms. The molecule has 3 rings (SSSR count). The number of aryl methyl sites for hydroxylation is 1. The van der Waals surface area contributed by atoms with Crippen molar-refractivity contribution in [2.75, 3.05) is 6.54 Å². The molecule has 5 nitrogen and oxygen atoms in total. The monoisotopic (exact) mass is 311 g/mol. The second-order valence-corrected chi connectivity index (χ2v) is 5.88. The number of carbonyl (C=O) groups is 1. The maximum atomic E-state index is 12.7. The van der Waals surface area contributed by atoms with Gasteiger partial charge in [-0.05, 0) is 56.4 Å². The second-order valence-electron chi connectivity index (χ2n) is 5.88. The van der Waals surface area contributed by atoms with Crippen LogP contribution in [0.5, 0.6) is 5.75 Å². The molecule has 2 aromatic heterocycles. The molecule has 120 valence electrons. The molecule has 1 amide bonds. The van der Waals surface area contributed by atoms with Gasteiger partial charge in [0.15, 0.2) is 5.69 Å². The Morgan fingerprint density at radius 3 is 2.83 bits per heavy atom. The fourth-order valence-electron chi connectivity index (χ4n) is 3.13. The Morgan fingerprint density at radius 1 is 1.17 bits per heavy atom. The Kier molecular flexibility index (Phi) is 4.86. The third-order valence-corrected chi connectivity index (χ3v) is 4.34. The van der Waals surface area contributed by atoms with Gasteiger partial charge in [0.2, 0.25) is 0 Å². The number of pyridine rings is 2. The predicted octanol–water partition coefficient (Wildman–Crippen LogP) is 2.81. The Hall–Kier alpha value is -2.43. The fourth-order valence-corrected chi connectivity index (χ4v) is 3.13. The van der Waals surface area contributed by atoms with Crippen molar-refractivity contribution in [3.05, 3.63) is 54.1 Å². The molecule has 1 atom stereocenters. The van der Waals surface area contributed by atoms with E-state index in [9.17, 15) is 9.90 Å². The summed E-state index contributed by atoms with van der Waals surface area (Å²) >= 11 is 0. The van der Waals surface area contributed by atoms with Crippen LogP contribution in [0.4, 0.5) is 0 Å². The molecule has 5 heteroatoms. The van der Waals surface area contributed by atoms with Crippen LogP contribution in [0, 0.1) is 0 Å². The van der Waals surface area contributed by atoms with Gasteiger partial charge in [-0.15, -0.1) is 0 Å². The highest BCUT2D eigenvalue weighted by molar-refractivity contribution is 5.95. The Bertz CT molecular complexity index is 660. The van der Waals surface area contributed by atoms with Crippen molar-refractivity contribution < 1.29 is 9.90 Å². The molecular weight excluding hydrogens is 290 g/mol. The van der Waals surface area contributed by atoms with E-state index in [-0.39, 0.29) is 23.4 Å². The van der Waals surface area contributed by atoms with E-state index in [0.29, 0.717) is 0 Å². The highest BCUT2D eigenvalue weighted by Gasteiger charge is 2.29. The lowest BCUT2D eigenvalue weighted by Gasteiger charge is -2.35. The number of amides is 1. The van der Waals surface area contributed by atoms with E-state index in [1.807, 2.05) is 23.1 Å². The lowest BCUT2D eigenvalue weighted by atomic mass is 9.96. The van der Waals surface area contributed by atoms with Gasteiger partial charge in [-0.25, -0.2) is 4.98 Å². The predicted molar refractivity (Wildman–Crippen MR) is 87.1 cm³/mol. The summed E-state index contributed by atoms with van der Waals surface area (Å²) in [6, 6.07) is 9.22. The zero-order chi connectivity index (χ0) is 16.1. The summed E-state index contributed by atoms with van der Waals surface area (Å²) < 4.78 is 0. The minimum Gasteiger partial charge on any atom is -0.505 e. The minimum atomic E-state index is -0.172. The van der Waals surface area contributed by atoms with E-state index in [0.717, 1.165) is 44.3 Å². The number of carbonyl (C=O) groups excluding carboxylic acids is 1. The van der Waals surface area contributed by atoms with Crippen LogP contribution in [0.1, 0.15) is 41.9 Å². The van der Waals surface area contributed by atoms with Gasteiger partial charge in [0.1, 0.15) is 5.75 Å². The Morgan fingerprint density at radius 2 is 2.04 bits per heavy atom. The molecule has 0 aliphatic carbocycles. The topological polar surface area (TPSA) is 66.3 Å². The third-order valence-electron chi connectivity index (χ3n) is 4.34. The van der Waals surface area contributed by atoms with E-state index < -0.39 is 0 Å². The molecule has 2 aromatic rings. The normalized spacial score (nSPS) is 17.9. The van der Waals surface area contributed by atoms with E-state index in [2.05, 4.69) is 9.97 Å². The van der Waals surface area contributed by atoms with Gasteiger partial charge in [-0.2, -0.15) is 0 Å². The number of piperidine rings is 1. The van der Waals surface area contributed by atoms with Crippen molar-refractivity contribution in [2.45, 2.75) is 38.1 Å². The fraction of sp³-hybridized carbons (Fsp3) is 0.389. The first kappa shape index (κ1) is 15.5. The average Bonchev–Trinajstić information content (AvgIpc) is 2.61. The van der Waals surface area contributed by atoms with Gasteiger partial charge in [0.05, 0.1) is 0 Å². The zero-order valence-corrected chi connectivity index (χ0v) is 13.1. The molecule has 23 heavy (non-hydrogen) atoms. The van der Waals surface area contributed by atoms with Crippen molar-refractivity contribution in [2.24, 2.45) is 0 Å². The summed E-state index contributed by atoms with van der Waals surface area (Å²) in [6.45, 7) is 0.724. The number of aromatic nitrogens is 2. The molecule has 1 N–H and O–H groups in total. The molecule has 3 heterocycles. The molecule has 0 aromatic carbocycles. The number of rotatable bonds is 4. The van der Waals surface area contributed by atoms with E-state index in [1.54, 1.807) is 18.5 Å². The van der Waals surface area contributed by atoms with E-state index >= 15 is 0 Å². The van der Waals surface area contributed by atoms with E-state index in [1.165, 1.54) is 6.07 Å². The molecule has 0 unspecified atom stereocenters. The summed E-state index contributed by atoms with van der Waals surface area (Å²) in [4.78, 5) is 23.0. The first-order chi connectivity index (χ1) is 11.3. The van der Waals surface area contributed by atoms with Crippen LogP contribution in [0.3, 0.4) is 0 Å². The standard InChI is InChI=1S/C18H21N3O2/c22-16-8-5-12-20-17(16)18(23)21-13-4-2-7-15(21)10-9-14-6-1-3-11-19-14/h1,3,5-6,8,11-12,15,22H,2,4,7,9-10,13H2/t15-/m1/s1. The molecule has 0 saturated carbocycles. The van der Waals surface area contributed by atoms with Crippen LogP contribution < -0.4 is 0 Å². The number of likely N-dealkylation sites (tertiary alicyclic amines) is 1. The number of hydrogen-bond acceptors (Lipinski definition) is 4. The van der Waals surface area contributed by atoms with Crippen LogP contribution in [-0.4, -0.2) is 38.5 Å². The van der Waals surface area contributed by atoms with Crippen molar-refractivity contribution in [3.8, 4) is 5.75 Å². The van der Waals surface area contributed by atoms with Gasteiger partial charge in [0.25, 0.3) is 5.91 Å². The van der Waals surface area contributed by atoms with Crippen molar-refractivity contribution in [1.82, 2.24) is 14.9 Å². The molecular formula is C18H21N3O2. The maximum Gasteiger partial charge on any atom is 0.276 e.